The van der Waals surface area contributed by atoms with Crippen molar-refractivity contribution in [1.82, 2.24) is 25.1 Å². The van der Waals surface area contributed by atoms with E-state index >= 15 is 0 Å². The number of rotatable bonds is 7. The van der Waals surface area contributed by atoms with E-state index in [1.807, 2.05) is 43.1 Å². The number of carbonyl (C=O) groups excluding carboxylic acids is 1. The van der Waals surface area contributed by atoms with Crippen molar-refractivity contribution in [1.29, 1.82) is 0 Å². The standard InChI is InChI=1S/C23H28N6O2/c1-16-17(2)27-22(28-21(16)24-9-8-19-13-25-26-14-19)23(30)29-10-11-31-15-20(29)12-18-6-4-3-5-7-18/h3-7,13-14,20H,8-12,15H2,1-2H3,(H,25,26)(H,24,27,28)/t20-/m0/s1. The second-order valence-corrected chi connectivity index (χ2v) is 7.81. The topological polar surface area (TPSA) is 96.0 Å². The van der Waals surface area contributed by atoms with Crippen LogP contribution in [0.15, 0.2) is 42.7 Å². The first-order valence-corrected chi connectivity index (χ1v) is 10.6. The maximum absolute atomic E-state index is 13.4. The van der Waals surface area contributed by atoms with Crippen molar-refractivity contribution >= 4 is 11.7 Å². The van der Waals surface area contributed by atoms with Crippen molar-refractivity contribution in [3.63, 3.8) is 0 Å². The molecule has 0 unspecified atom stereocenters. The van der Waals surface area contributed by atoms with Gasteiger partial charge in [-0.2, -0.15) is 5.10 Å². The summed E-state index contributed by atoms with van der Waals surface area (Å²) in [7, 11) is 0. The Morgan fingerprint density at radius 3 is 2.84 bits per heavy atom. The van der Waals surface area contributed by atoms with Crippen LogP contribution < -0.4 is 5.32 Å². The number of carbonyl (C=O) groups is 1. The van der Waals surface area contributed by atoms with Crippen molar-refractivity contribution in [2.45, 2.75) is 32.7 Å². The fourth-order valence-corrected chi connectivity index (χ4v) is 3.74. The van der Waals surface area contributed by atoms with Gasteiger partial charge in [0.1, 0.15) is 5.82 Å². The molecule has 8 nitrogen and oxygen atoms in total. The van der Waals surface area contributed by atoms with Gasteiger partial charge in [0.25, 0.3) is 5.91 Å². The Balaban J connectivity index is 1.50. The minimum absolute atomic E-state index is 0.0358. The molecule has 0 aliphatic carbocycles. The fourth-order valence-electron chi connectivity index (χ4n) is 3.74. The van der Waals surface area contributed by atoms with E-state index in [4.69, 9.17) is 4.74 Å². The van der Waals surface area contributed by atoms with E-state index in [0.717, 1.165) is 29.7 Å². The van der Waals surface area contributed by atoms with E-state index in [9.17, 15) is 4.79 Å². The van der Waals surface area contributed by atoms with Crippen molar-refractivity contribution < 1.29 is 9.53 Å². The molecule has 0 saturated carbocycles. The predicted molar refractivity (Wildman–Crippen MR) is 118 cm³/mol. The molecule has 162 valence electrons. The van der Waals surface area contributed by atoms with Crippen LogP contribution in [-0.4, -0.2) is 63.3 Å². The predicted octanol–water partition coefficient (Wildman–Crippen LogP) is 2.55. The smallest absolute Gasteiger partial charge is 0.292 e. The van der Waals surface area contributed by atoms with Crippen LogP contribution >= 0.6 is 0 Å². The van der Waals surface area contributed by atoms with Crippen LogP contribution in [-0.2, 0) is 17.6 Å². The van der Waals surface area contributed by atoms with Crippen LogP contribution in [0.25, 0.3) is 0 Å². The second-order valence-electron chi connectivity index (χ2n) is 7.81. The van der Waals surface area contributed by atoms with E-state index in [1.54, 1.807) is 6.20 Å². The molecule has 3 heterocycles. The van der Waals surface area contributed by atoms with E-state index in [2.05, 4.69) is 37.6 Å². The van der Waals surface area contributed by atoms with Crippen LogP contribution in [0.4, 0.5) is 5.82 Å². The minimum Gasteiger partial charge on any atom is -0.377 e. The zero-order valence-corrected chi connectivity index (χ0v) is 18.0. The highest BCUT2D eigenvalue weighted by Gasteiger charge is 2.30. The molecule has 1 amide bonds. The van der Waals surface area contributed by atoms with Crippen LogP contribution in [0.5, 0.6) is 0 Å². The number of nitrogens with zero attached hydrogens (tertiary/aromatic N) is 4. The summed E-state index contributed by atoms with van der Waals surface area (Å²) in [6, 6.07) is 10.1. The minimum atomic E-state index is -0.148. The summed E-state index contributed by atoms with van der Waals surface area (Å²) < 4.78 is 5.67. The number of ether oxygens (including phenoxy) is 1. The molecule has 1 fully saturated rings. The molecule has 8 heteroatoms. The highest BCUT2D eigenvalue weighted by Crippen LogP contribution is 2.19. The maximum atomic E-state index is 13.4. The molecule has 2 N–H and O–H groups in total. The number of aromatic nitrogens is 4. The van der Waals surface area contributed by atoms with Gasteiger partial charge in [0.15, 0.2) is 0 Å². The molecule has 3 aromatic rings. The summed E-state index contributed by atoms with van der Waals surface area (Å²) >= 11 is 0. The number of hydrogen-bond acceptors (Lipinski definition) is 6. The number of nitrogens with one attached hydrogen (secondary N) is 2. The summed E-state index contributed by atoms with van der Waals surface area (Å²) in [5, 5.41) is 10.1. The number of amides is 1. The van der Waals surface area contributed by atoms with Gasteiger partial charge in [-0.25, -0.2) is 9.97 Å². The Morgan fingerprint density at radius 2 is 2.06 bits per heavy atom. The third-order valence-electron chi connectivity index (χ3n) is 5.64. The lowest BCUT2D eigenvalue weighted by atomic mass is 10.0. The van der Waals surface area contributed by atoms with Crippen molar-refractivity contribution in [2.75, 3.05) is 31.6 Å². The van der Waals surface area contributed by atoms with Gasteiger partial charge in [0, 0.05) is 30.5 Å². The van der Waals surface area contributed by atoms with E-state index in [-0.39, 0.29) is 17.8 Å². The van der Waals surface area contributed by atoms with E-state index in [1.165, 1.54) is 5.56 Å². The Kier molecular flexibility index (Phi) is 6.57. The molecule has 0 spiro atoms. The lowest BCUT2D eigenvalue weighted by Crippen LogP contribution is -2.50. The Morgan fingerprint density at radius 1 is 1.23 bits per heavy atom. The van der Waals surface area contributed by atoms with Gasteiger partial charge in [-0.3, -0.25) is 9.89 Å². The quantitative estimate of drug-likeness (QED) is 0.610. The van der Waals surface area contributed by atoms with Gasteiger partial charge in [0.05, 0.1) is 25.5 Å². The Bertz CT molecular complexity index is 1010. The number of H-pyrrole nitrogens is 1. The maximum Gasteiger partial charge on any atom is 0.292 e. The molecule has 0 bridgehead atoms. The van der Waals surface area contributed by atoms with Crippen molar-refractivity contribution in [3.05, 3.63) is 70.9 Å². The molecule has 1 aliphatic heterocycles. The summed E-state index contributed by atoms with van der Waals surface area (Å²) in [4.78, 5) is 24.3. The van der Waals surface area contributed by atoms with Crippen LogP contribution in [0.2, 0.25) is 0 Å². The lowest BCUT2D eigenvalue weighted by molar-refractivity contribution is -0.00229. The number of aryl methyl sites for hydroxylation is 1. The monoisotopic (exact) mass is 420 g/mol. The molecule has 1 saturated heterocycles. The molecule has 1 aromatic carbocycles. The first-order chi connectivity index (χ1) is 15.1. The number of anilines is 1. The number of benzene rings is 1. The van der Waals surface area contributed by atoms with Crippen molar-refractivity contribution in [3.8, 4) is 0 Å². The summed E-state index contributed by atoms with van der Waals surface area (Å²) in [6.45, 7) is 6.15. The Labute approximate surface area is 182 Å². The van der Waals surface area contributed by atoms with Crippen LogP contribution in [0.1, 0.15) is 33.0 Å². The first-order valence-electron chi connectivity index (χ1n) is 10.6. The van der Waals surface area contributed by atoms with Crippen molar-refractivity contribution in [2.24, 2.45) is 0 Å². The zero-order chi connectivity index (χ0) is 21.6. The van der Waals surface area contributed by atoms with Gasteiger partial charge in [-0.15, -0.1) is 0 Å². The zero-order valence-electron chi connectivity index (χ0n) is 18.0. The molecule has 2 aromatic heterocycles. The van der Waals surface area contributed by atoms with Gasteiger partial charge in [-0.1, -0.05) is 30.3 Å². The molecule has 4 rings (SSSR count). The summed E-state index contributed by atoms with van der Waals surface area (Å²) in [5.41, 5.74) is 4.05. The first kappa shape index (κ1) is 21.0. The summed E-state index contributed by atoms with van der Waals surface area (Å²) in [6.07, 6.45) is 5.23. The molecule has 1 atom stereocenters. The van der Waals surface area contributed by atoms with Crippen LogP contribution in [0, 0.1) is 13.8 Å². The normalized spacial score (nSPS) is 16.3. The molecular weight excluding hydrogens is 392 g/mol. The third kappa shape index (κ3) is 5.08. The molecule has 0 radical (unpaired) electrons. The average molecular weight is 421 g/mol. The highest BCUT2D eigenvalue weighted by atomic mass is 16.5. The lowest BCUT2D eigenvalue weighted by Gasteiger charge is -2.35. The van der Waals surface area contributed by atoms with Gasteiger partial charge < -0.3 is 15.0 Å². The molecule has 31 heavy (non-hydrogen) atoms. The largest absolute Gasteiger partial charge is 0.377 e. The fraction of sp³-hybridized carbons (Fsp3) is 0.391. The van der Waals surface area contributed by atoms with Gasteiger partial charge in [-0.05, 0) is 37.8 Å². The second kappa shape index (κ2) is 9.70. The number of aromatic amines is 1. The molecular formula is C23H28N6O2. The highest BCUT2D eigenvalue weighted by molar-refractivity contribution is 5.91. The van der Waals surface area contributed by atoms with Gasteiger partial charge in [0.2, 0.25) is 5.82 Å². The molecule has 1 aliphatic rings. The van der Waals surface area contributed by atoms with Gasteiger partial charge >= 0.3 is 0 Å². The van der Waals surface area contributed by atoms with E-state index in [0.29, 0.717) is 32.1 Å². The van der Waals surface area contributed by atoms with E-state index < -0.39 is 0 Å². The van der Waals surface area contributed by atoms with Crippen LogP contribution in [0.3, 0.4) is 0 Å². The average Bonchev–Trinajstić information content (AvgIpc) is 3.31. The summed E-state index contributed by atoms with van der Waals surface area (Å²) in [5.74, 6) is 0.784. The number of hydrogen-bond donors (Lipinski definition) is 2. The number of morpholine rings is 1. The third-order valence-corrected chi connectivity index (χ3v) is 5.64. The Hall–Kier alpha value is -3.26. The SMILES string of the molecule is Cc1nc(C(=O)N2CCOC[C@@H]2Cc2ccccc2)nc(NCCc2cn[nH]c2)c1C.